The highest BCUT2D eigenvalue weighted by Crippen LogP contribution is 2.38. The number of aliphatic imine (C=N–C) groups is 1. The number of likely N-dealkylation sites (N-methyl/N-ethyl adjacent to an activating group) is 1. The fourth-order valence-electron chi connectivity index (χ4n) is 2.65. The fraction of sp³-hybridized carbons (Fsp3) is 0.190. The molecule has 7 nitrogen and oxygen atoms in total. The maximum Gasteiger partial charge on any atom is 0.337 e. The molecule has 0 spiro atoms. The third-order valence-electron chi connectivity index (χ3n) is 4.17. The molecule has 156 valence electrons. The lowest BCUT2D eigenvalue weighted by Crippen LogP contribution is -2.23. The molecule has 0 saturated carbocycles. The summed E-state index contributed by atoms with van der Waals surface area (Å²) in [4.78, 5) is 30.7. The summed E-state index contributed by atoms with van der Waals surface area (Å²) in [7, 11) is 2.97. The minimum absolute atomic E-state index is 0.0131. The molecule has 3 rings (SSSR count). The van der Waals surface area contributed by atoms with Gasteiger partial charge in [-0.1, -0.05) is 0 Å². The second-order valence-electron chi connectivity index (χ2n) is 6.19. The van der Waals surface area contributed by atoms with Crippen molar-refractivity contribution >= 4 is 56.5 Å². The predicted molar refractivity (Wildman–Crippen MR) is 120 cm³/mol. The van der Waals surface area contributed by atoms with Gasteiger partial charge in [0.25, 0.3) is 5.91 Å². The van der Waals surface area contributed by atoms with Gasteiger partial charge in [-0.3, -0.25) is 9.69 Å². The molecule has 0 atom stereocenters. The Hall–Kier alpha value is -2.78. The first-order valence-electron chi connectivity index (χ1n) is 8.94. The van der Waals surface area contributed by atoms with Crippen LogP contribution in [0.25, 0.3) is 6.08 Å². The van der Waals surface area contributed by atoms with Crippen LogP contribution in [0.5, 0.6) is 11.5 Å². The van der Waals surface area contributed by atoms with Gasteiger partial charge in [-0.25, -0.2) is 9.79 Å². The number of halogens is 1. The van der Waals surface area contributed by atoms with E-state index in [9.17, 15) is 14.7 Å². The number of esters is 1. The highest BCUT2D eigenvalue weighted by atomic mass is 79.9. The first kappa shape index (κ1) is 21.9. The van der Waals surface area contributed by atoms with Gasteiger partial charge < -0.3 is 14.6 Å². The second-order valence-corrected chi connectivity index (χ2v) is 8.05. The van der Waals surface area contributed by atoms with Crippen molar-refractivity contribution < 1.29 is 24.2 Å². The molecule has 1 N–H and O–H groups in total. The number of methoxy groups -OCH3 is 1. The summed E-state index contributed by atoms with van der Waals surface area (Å²) in [5.41, 5.74) is 1.74. The standard InChI is InChI=1S/C21H19BrN2O5S/c1-4-29-16-10-12(9-15(22)18(16)25)11-17-19(26)24(2)21(30-17)23-14-7-5-13(6-8-14)20(27)28-3/h5-11,25H,4H2,1-3H3. The highest BCUT2D eigenvalue weighted by molar-refractivity contribution is 9.10. The van der Waals surface area contributed by atoms with Crippen molar-refractivity contribution in [3.63, 3.8) is 0 Å². The Labute approximate surface area is 186 Å². The van der Waals surface area contributed by atoms with E-state index in [1.54, 1.807) is 49.5 Å². The van der Waals surface area contributed by atoms with Gasteiger partial charge in [0.1, 0.15) is 0 Å². The summed E-state index contributed by atoms with van der Waals surface area (Å²) < 4.78 is 10.6. The lowest BCUT2D eigenvalue weighted by atomic mass is 10.2. The van der Waals surface area contributed by atoms with Crippen LogP contribution in [0.3, 0.4) is 0 Å². The zero-order valence-corrected chi connectivity index (χ0v) is 18.9. The number of nitrogens with zero attached hydrogens (tertiary/aromatic N) is 2. The number of phenols is 1. The number of phenolic OH excluding ortho intramolecular Hbond substituents is 1. The first-order valence-corrected chi connectivity index (χ1v) is 10.5. The number of amides is 1. The largest absolute Gasteiger partial charge is 0.503 e. The van der Waals surface area contributed by atoms with Crippen molar-refractivity contribution in [1.29, 1.82) is 0 Å². The van der Waals surface area contributed by atoms with Gasteiger partial charge in [0.2, 0.25) is 0 Å². The van der Waals surface area contributed by atoms with Crippen LogP contribution in [-0.4, -0.2) is 47.8 Å². The Kier molecular flexibility index (Phi) is 6.84. The number of thioether (sulfide) groups is 1. The summed E-state index contributed by atoms with van der Waals surface area (Å²) in [6.07, 6.45) is 1.72. The first-order chi connectivity index (χ1) is 14.3. The van der Waals surface area contributed by atoms with E-state index in [1.807, 2.05) is 6.92 Å². The van der Waals surface area contributed by atoms with E-state index in [0.717, 1.165) is 0 Å². The summed E-state index contributed by atoms with van der Waals surface area (Å²) in [5.74, 6) is -0.262. The molecule has 0 unspecified atom stereocenters. The lowest BCUT2D eigenvalue weighted by Gasteiger charge is -2.09. The number of amidine groups is 1. The molecule has 1 heterocycles. The van der Waals surface area contributed by atoms with Gasteiger partial charge >= 0.3 is 5.97 Å². The molecule has 9 heteroatoms. The second kappa shape index (κ2) is 9.36. The van der Waals surface area contributed by atoms with Crippen LogP contribution in [-0.2, 0) is 9.53 Å². The number of aromatic hydroxyl groups is 1. The zero-order valence-electron chi connectivity index (χ0n) is 16.5. The third kappa shape index (κ3) is 4.68. The maximum absolute atomic E-state index is 12.7. The van der Waals surface area contributed by atoms with E-state index in [2.05, 4.69) is 25.7 Å². The Morgan fingerprint density at radius 1 is 1.30 bits per heavy atom. The average molecular weight is 491 g/mol. The number of hydrogen-bond acceptors (Lipinski definition) is 7. The Morgan fingerprint density at radius 3 is 2.63 bits per heavy atom. The minimum atomic E-state index is -0.423. The molecule has 2 aromatic carbocycles. The zero-order chi connectivity index (χ0) is 21.8. The molecule has 0 radical (unpaired) electrons. The monoisotopic (exact) mass is 490 g/mol. The Morgan fingerprint density at radius 2 is 2.00 bits per heavy atom. The van der Waals surface area contributed by atoms with Crippen molar-refractivity contribution in [2.24, 2.45) is 4.99 Å². The highest BCUT2D eigenvalue weighted by Gasteiger charge is 2.30. The summed E-state index contributed by atoms with van der Waals surface area (Å²) in [6, 6.07) is 9.99. The molecule has 30 heavy (non-hydrogen) atoms. The molecule has 1 amide bonds. The molecule has 1 aliphatic heterocycles. The van der Waals surface area contributed by atoms with Crippen LogP contribution in [0.2, 0.25) is 0 Å². The van der Waals surface area contributed by atoms with E-state index < -0.39 is 5.97 Å². The van der Waals surface area contributed by atoms with Crippen LogP contribution in [0, 0.1) is 0 Å². The van der Waals surface area contributed by atoms with Crippen molar-refractivity contribution in [3.8, 4) is 11.5 Å². The molecule has 0 aromatic heterocycles. The van der Waals surface area contributed by atoms with Gasteiger partial charge in [0.05, 0.1) is 34.3 Å². The quantitative estimate of drug-likeness (QED) is 0.487. The van der Waals surface area contributed by atoms with Crippen LogP contribution < -0.4 is 4.74 Å². The van der Waals surface area contributed by atoms with Crippen LogP contribution in [0.15, 0.2) is 50.8 Å². The maximum atomic E-state index is 12.7. The molecule has 1 aliphatic rings. The topological polar surface area (TPSA) is 88.4 Å². The fourth-order valence-corrected chi connectivity index (χ4v) is 4.09. The van der Waals surface area contributed by atoms with Crippen LogP contribution in [0.1, 0.15) is 22.8 Å². The number of carbonyl (C=O) groups excluding carboxylic acids is 2. The third-order valence-corrected chi connectivity index (χ3v) is 5.83. The van der Waals surface area contributed by atoms with Crippen molar-refractivity contribution in [2.75, 3.05) is 20.8 Å². The van der Waals surface area contributed by atoms with E-state index in [-0.39, 0.29) is 11.7 Å². The van der Waals surface area contributed by atoms with E-state index in [4.69, 9.17) is 4.74 Å². The molecular formula is C21H19BrN2O5S. The lowest BCUT2D eigenvalue weighted by molar-refractivity contribution is -0.121. The van der Waals surface area contributed by atoms with Crippen molar-refractivity contribution in [1.82, 2.24) is 4.90 Å². The number of ether oxygens (including phenoxy) is 2. The number of hydrogen-bond donors (Lipinski definition) is 1. The minimum Gasteiger partial charge on any atom is -0.503 e. The van der Waals surface area contributed by atoms with E-state index in [1.165, 1.54) is 23.8 Å². The van der Waals surface area contributed by atoms with E-state index in [0.29, 0.717) is 43.7 Å². The Balaban J connectivity index is 1.87. The molecule has 1 saturated heterocycles. The number of carbonyl (C=O) groups is 2. The predicted octanol–water partition coefficient (Wildman–Crippen LogP) is 4.57. The van der Waals surface area contributed by atoms with Crippen molar-refractivity contribution in [2.45, 2.75) is 6.92 Å². The summed E-state index contributed by atoms with van der Waals surface area (Å²) in [5, 5.41) is 10.6. The van der Waals surface area contributed by atoms with Crippen LogP contribution in [0.4, 0.5) is 5.69 Å². The molecule has 1 fully saturated rings. The summed E-state index contributed by atoms with van der Waals surface area (Å²) in [6.45, 7) is 2.23. The van der Waals surface area contributed by atoms with E-state index >= 15 is 0 Å². The SMILES string of the molecule is CCOc1cc(C=C2SC(=Nc3ccc(C(=O)OC)cc3)N(C)C2=O)cc(Br)c1O. The number of benzene rings is 2. The normalized spacial score (nSPS) is 16.4. The molecule has 2 aromatic rings. The van der Waals surface area contributed by atoms with Gasteiger partial charge in [-0.15, -0.1) is 0 Å². The van der Waals surface area contributed by atoms with Crippen LogP contribution >= 0.6 is 27.7 Å². The Bertz CT molecular complexity index is 1050. The van der Waals surface area contributed by atoms with Gasteiger partial charge in [-0.05, 0) is 82.7 Å². The smallest absolute Gasteiger partial charge is 0.337 e. The van der Waals surface area contributed by atoms with Gasteiger partial charge in [0, 0.05) is 7.05 Å². The summed E-state index contributed by atoms with van der Waals surface area (Å²) >= 11 is 4.54. The molecular weight excluding hydrogens is 472 g/mol. The van der Waals surface area contributed by atoms with Gasteiger partial charge in [0.15, 0.2) is 16.7 Å². The average Bonchev–Trinajstić information content (AvgIpc) is 2.99. The molecule has 0 aliphatic carbocycles. The molecule has 0 bridgehead atoms. The number of rotatable bonds is 5. The van der Waals surface area contributed by atoms with Crippen molar-refractivity contribution in [3.05, 3.63) is 56.9 Å². The van der Waals surface area contributed by atoms with Gasteiger partial charge in [-0.2, -0.15) is 0 Å².